The molecule has 0 aliphatic carbocycles. The fraction of sp³-hybridized carbons (Fsp3) is 0.579. The molecule has 30 heavy (non-hydrogen) atoms. The van der Waals surface area contributed by atoms with Gasteiger partial charge in [0.2, 0.25) is 5.91 Å². The lowest BCUT2D eigenvalue weighted by molar-refractivity contribution is -0.129. The molecule has 3 rings (SSSR count). The van der Waals surface area contributed by atoms with Crippen LogP contribution in [0.25, 0.3) is 0 Å². The highest BCUT2D eigenvalue weighted by Crippen LogP contribution is 2.41. The van der Waals surface area contributed by atoms with Crippen molar-refractivity contribution in [3.05, 3.63) is 33.8 Å². The Morgan fingerprint density at radius 2 is 1.97 bits per heavy atom. The number of thioether (sulfide) groups is 1. The third-order valence-corrected chi connectivity index (χ3v) is 7.67. The van der Waals surface area contributed by atoms with Crippen molar-refractivity contribution in [3.63, 3.8) is 0 Å². The van der Waals surface area contributed by atoms with Crippen molar-refractivity contribution in [1.82, 2.24) is 16.1 Å². The van der Waals surface area contributed by atoms with Crippen molar-refractivity contribution in [2.75, 3.05) is 0 Å². The molecule has 6 unspecified atom stereocenters. The van der Waals surface area contributed by atoms with Crippen LogP contribution in [0.4, 0.5) is 0 Å². The molecule has 11 heteroatoms. The van der Waals surface area contributed by atoms with Crippen LogP contribution in [0.3, 0.4) is 0 Å². The number of benzene rings is 1. The van der Waals surface area contributed by atoms with E-state index < -0.39 is 52.5 Å². The van der Waals surface area contributed by atoms with Gasteiger partial charge in [-0.2, -0.15) is 5.48 Å². The minimum atomic E-state index is -1.60. The molecule has 0 radical (unpaired) electrons. The lowest BCUT2D eigenvalue weighted by atomic mass is 9.89. The van der Waals surface area contributed by atoms with E-state index in [1.54, 1.807) is 25.1 Å². The minimum Gasteiger partial charge on any atom is -0.367 e. The molecule has 2 fully saturated rings. The highest BCUT2D eigenvalue weighted by molar-refractivity contribution is 8.01. The zero-order chi connectivity index (χ0) is 22.2. The minimum absolute atomic E-state index is 0.400. The average Bonchev–Trinajstić information content (AvgIpc) is 3.19. The SMILES string of the molecule is CC1ONC(c2c(Cl)cccc2Cl)C1C(=O)NC(C=O)C1NC(C(O)O)C(C)(C)S1. The first kappa shape index (κ1) is 23.7. The molecule has 0 saturated carbocycles. The molecular weight excluding hydrogens is 453 g/mol. The summed E-state index contributed by atoms with van der Waals surface area (Å²) in [6.07, 6.45) is -1.46. The van der Waals surface area contributed by atoms with Crippen molar-refractivity contribution < 1.29 is 24.6 Å². The summed E-state index contributed by atoms with van der Waals surface area (Å²) in [5.41, 5.74) is 3.37. The third kappa shape index (κ3) is 4.63. The summed E-state index contributed by atoms with van der Waals surface area (Å²) in [6.45, 7) is 5.41. The van der Waals surface area contributed by atoms with Crippen molar-refractivity contribution in [2.45, 2.75) is 61.4 Å². The van der Waals surface area contributed by atoms with Gasteiger partial charge in [0, 0.05) is 20.4 Å². The largest absolute Gasteiger partial charge is 0.367 e. The van der Waals surface area contributed by atoms with Crippen LogP contribution in [0.5, 0.6) is 0 Å². The molecule has 1 amide bonds. The maximum absolute atomic E-state index is 13.2. The second kappa shape index (κ2) is 9.30. The number of amides is 1. The molecule has 2 aliphatic rings. The van der Waals surface area contributed by atoms with E-state index in [0.29, 0.717) is 21.9 Å². The summed E-state index contributed by atoms with van der Waals surface area (Å²) < 4.78 is -0.552. The predicted molar refractivity (Wildman–Crippen MR) is 115 cm³/mol. The molecule has 1 aromatic rings. The van der Waals surface area contributed by atoms with Crippen LogP contribution >= 0.6 is 35.0 Å². The molecule has 1 aromatic carbocycles. The second-order valence-electron chi connectivity index (χ2n) is 7.95. The Morgan fingerprint density at radius 1 is 1.33 bits per heavy atom. The van der Waals surface area contributed by atoms with Gasteiger partial charge < -0.3 is 20.3 Å². The molecule has 0 bridgehead atoms. The number of rotatable bonds is 6. The Morgan fingerprint density at radius 3 is 2.50 bits per heavy atom. The van der Waals surface area contributed by atoms with Gasteiger partial charge in [0.05, 0.1) is 29.5 Å². The van der Waals surface area contributed by atoms with E-state index in [9.17, 15) is 19.8 Å². The van der Waals surface area contributed by atoms with E-state index in [2.05, 4.69) is 16.1 Å². The number of hydrogen-bond acceptors (Lipinski definition) is 8. The van der Waals surface area contributed by atoms with E-state index in [-0.39, 0.29) is 0 Å². The fourth-order valence-electron chi connectivity index (χ4n) is 3.88. The van der Waals surface area contributed by atoms with Gasteiger partial charge in [-0.3, -0.25) is 14.9 Å². The molecule has 8 nitrogen and oxygen atoms in total. The number of aliphatic hydroxyl groups excluding tert-OH is 1. The van der Waals surface area contributed by atoms with E-state index in [1.165, 1.54) is 11.8 Å². The van der Waals surface area contributed by atoms with Crippen LogP contribution in [0.2, 0.25) is 10.0 Å². The van der Waals surface area contributed by atoms with Crippen LogP contribution in [-0.2, 0) is 14.4 Å². The number of carbonyl (C=O) groups is 2. The zero-order valence-electron chi connectivity index (χ0n) is 16.6. The number of aldehydes is 1. The summed E-state index contributed by atoms with van der Waals surface area (Å²) in [7, 11) is 0. The van der Waals surface area contributed by atoms with E-state index in [1.807, 2.05) is 13.8 Å². The quantitative estimate of drug-likeness (QED) is 0.307. The molecular formula is C19H25Cl2N3O5S. The Kier molecular flexibility index (Phi) is 7.36. The summed E-state index contributed by atoms with van der Waals surface area (Å²) in [5, 5.41) is 25.3. The highest BCUT2D eigenvalue weighted by atomic mass is 35.5. The van der Waals surface area contributed by atoms with Gasteiger partial charge in [0.25, 0.3) is 0 Å². The molecule has 0 spiro atoms. The van der Waals surface area contributed by atoms with Gasteiger partial charge in [-0.05, 0) is 32.9 Å². The van der Waals surface area contributed by atoms with E-state index in [0.717, 1.165) is 0 Å². The first-order valence-corrected chi connectivity index (χ1v) is 11.1. The number of hydrogen-bond donors (Lipinski definition) is 5. The monoisotopic (exact) mass is 477 g/mol. The van der Waals surface area contributed by atoms with Crippen molar-refractivity contribution in [1.29, 1.82) is 0 Å². The second-order valence-corrected chi connectivity index (χ2v) is 10.6. The van der Waals surface area contributed by atoms with E-state index in [4.69, 9.17) is 28.0 Å². The molecule has 6 atom stereocenters. The fourth-order valence-corrected chi connectivity index (χ4v) is 6.00. The Balaban J connectivity index is 1.78. The smallest absolute Gasteiger partial charge is 0.228 e. The summed E-state index contributed by atoms with van der Waals surface area (Å²) in [6, 6.07) is 2.93. The lowest BCUT2D eigenvalue weighted by Crippen LogP contribution is -2.54. The van der Waals surface area contributed by atoms with Gasteiger partial charge in [-0.1, -0.05) is 29.3 Å². The Hall–Kier alpha value is -0.910. The number of nitrogens with one attached hydrogen (secondary N) is 3. The number of carbonyl (C=O) groups excluding carboxylic acids is 2. The maximum Gasteiger partial charge on any atom is 0.228 e. The van der Waals surface area contributed by atoms with Crippen LogP contribution in [-0.4, -0.2) is 57.0 Å². The van der Waals surface area contributed by atoms with Crippen molar-refractivity contribution >= 4 is 47.2 Å². The number of hydroxylamine groups is 1. The zero-order valence-corrected chi connectivity index (χ0v) is 19.0. The predicted octanol–water partition coefficient (Wildman–Crippen LogP) is 1.38. The average molecular weight is 478 g/mol. The number of aliphatic hydroxyl groups is 2. The molecule has 2 saturated heterocycles. The summed E-state index contributed by atoms with van der Waals surface area (Å²) >= 11 is 14.0. The van der Waals surface area contributed by atoms with Gasteiger partial charge >= 0.3 is 0 Å². The first-order valence-electron chi connectivity index (χ1n) is 9.47. The van der Waals surface area contributed by atoms with Gasteiger partial charge in [-0.25, -0.2) is 0 Å². The molecule has 2 aliphatic heterocycles. The first-order chi connectivity index (χ1) is 14.1. The Bertz CT molecular complexity index is 792. The van der Waals surface area contributed by atoms with Crippen LogP contribution < -0.4 is 16.1 Å². The van der Waals surface area contributed by atoms with Crippen LogP contribution in [0.15, 0.2) is 18.2 Å². The third-order valence-electron chi connectivity index (χ3n) is 5.46. The molecule has 2 heterocycles. The number of halogens is 2. The Labute approximate surface area is 189 Å². The van der Waals surface area contributed by atoms with Gasteiger partial charge in [-0.15, -0.1) is 11.8 Å². The molecule has 5 N–H and O–H groups in total. The van der Waals surface area contributed by atoms with E-state index >= 15 is 0 Å². The van der Waals surface area contributed by atoms with Crippen LogP contribution in [0, 0.1) is 5.92 Å². The van der Waals surface area contributed by atoms with Gasteiger partial charge in [0.15, 0.2) is 6.29 Å². The standard InChI is InChI=1S/C19H25Cl2N3O5S/c1-8-12(14(24-29-8)13-9(20)5-4-6-10(13)21)16(26)22-11(7-25)17-23-15(18(27)28)19(2,3)30-17/h4-8,11-12,14-15,17-18,23-24,27-28H,1-3H3,(H,22,26). The normalized spacial score (nSPS) is 31.7. The maximum atomic E-state index is 13.2. The van der Waals surface area contributed by atoms with Crippen molar-refractivity contribution in [2.24, 2.45) is 5.92 Å². The molecule has 166 valence electrons. The van der Waals surface area contributed by atoms with Crippen molar-refractivity contribution in [3.8, 4) is 0 Å². The lowest BCUT2D eigenvalue weighted by Gasteiger charge is -2.26. The molecule has 0 aromatic heterocycles. The topological polar surface area (TPSA) is 120 Å². The highest BCUT2D eigenvalue weighted by Gasteiger charge is 2.48. The summed E-state index contributed by atoms with van der Waals surface area (Å²) in [4.78, 5) is 30.4. The van der Waals surface area contributed by atoms with Crippen LogP contribution in [0.1, 0.15) is 32.4 Å². The summed E-state index contributed by atoms with van der Waals surface area (Å²) in [5.74, 6) is -1.10. The van der Waals surface area contributed by atoms with Gasteiger partial charge in [0.1, 0.15) is 12.3 Å².